The van der Waals surface area contributed by atoms with Crippen molar-refractivity contribution in [3.63, 3.8) is 0 Å². The molecule has 2 heterocycles. The van der Waals surface area contributed by atoms with Crippen LogP contribution in [0.5, 0.6) is 0 Å². The number of carbonyl (C=O) groups is 4. The van der Waals surface area contributed by atoms with Crippen molar-refractivity contribution >= 4 is 68.0 Å². The van der Waals surface area contributed by atoms with Crippen molar-refractivity contribution in [1.29, 1.82) is 0 Å². The van der Waals surface area contributed by atoms with Crippen LogP contribution < -0.4 is 15.5 Å². The van der Waals surface area contributed by atoms with Crippen LogP contribution in [0, 0.1) is 0 Å². The van der Waals surface area contributed by atoms with Crippen LogP contribution in [0.4, 0.5) is 16.2 Å². The smallest absolute Gasteiger partial charge is 0.335 e. The molecule has 1 aromatic heterocycles. The number of aromatic nitrogens is 1. The second-order valence-electron chi connectivity index (χ2n) is 8.08. The molecule has 5 amide bonds. The van der Waals surface area contributed by atoms with E-state index in [9.17, 15) is 19.2 Å². The monoisotopic (exact) mass is 542 g/mol. The van der Waals surface area contributed by atoms with E-state index in [-0.39, 0.29) is 18.0 Å². The third-order valence-corrected chi connectivity index (χ3v) is 6.15. The maximum atomic E-state index is 13.3. The number of benzene rings is 3. The van der Waals surface area contributed by atoms with E-state index in [1.165, 1.54) is 6.08 Å². The standard InChI is InChI=1S/C27H19BrN4O4/c28-18-7-6-10-20(14-18)32-26(35)22(25(34)30-27(32)36)13-17-15-31(23-12-5-4-11-21(17)23)16-24(33)29-19-8-2-1-3-9-19/h1-15H,16H2,(H,29,33)(H,30,34,36)/b22-13-. The molecule has 0 atom stereocenters. The summed E-state index contributed by atoms with van der Waals surface area (Å²) in [5.74, 6) is -1.74. The highest BCUT2D eigenvalue weighted by atomic mass is 79.9. The Labute approximate surface area is 214 Å². The fraction of sp³-hybridized carbons (Fsp3) is 0.0370. The minimum atomic E-state index is -0.819. The van der Waals surface area contributed by atoms with Crippen LogP contribution in [0.25, 0.3) is 17.0 Å². The van der Waals surface area contributed by atoms with Crippen LogP contribution in [-0.4, -0.2) is 28.3 Å². The van der Waals surface area contributed by atoms with Gasteiger partial charge in [-0.1, -0.05) is 58.4 Å². The number of anilines is 2. The summed E-state index contributed by atoms with van der Waals surface area (Å²) in [6, 6.07) is 22.4. The van der Waals surface area contributed by atoms with E-state index in [0.29, 0.717) is 21.4 Å². The van der Waals surface area contributed by atoms with Gasteiger partial charge in [0.25, 0.3) is 11.8 Å². The molecule has 1 aliphatic heterocycles. The fourth-order valence-corrected chi connectivity index (χ4v) is 4.45. The quantitative estimate of drug-likeness (QED) is 0.281. The van der Waals surface area contributed by atoms with Crippen molar-refractivity contribution in [1.82, 2.24) is 9.88 Å². The second kappa shape index (κ2) is 9.63. The van der Waals surface area contributed by atoms with Crippen LogP contribution in [0.2, 0.25) is 0 Å². The molecular formula is C27H19BrN4O4. The van der Waals surface area contributed by atoms with Gasteiger partial charge < -0.3 is 9.88 Å². The van der Waals surface area contributed by atoms with Crippen molar-refractivity contribution < 1.29 is 19.2 Å². The van der Waals surface area contributed by atoms with Crippen LogP contribution in [0.15, 0.2) is 95.1 Å². The number of nitrogens with zero attached hydrogens (tertiary/aromatic N) is 2. The molecular weight excluding hydrogens is 524 g/mol. The number of fused-ring (bicyclic) bond motifs is 1. The minimum absolute atomic E-state index is 0.0291. The lowest BCUT2D eigenvalue weighted by Gasteiger charge is -2.26. The Morgan fingerprint density at radius 1 is 0.944 bits per heavy atom. The maximum Gasteiger partial charge on any atom is 0.335 e. The molecule has 36 heavy (non-hydrogen) atoms. The first-order valence-electron chi connectivity index (χ1n) is 11.0. The third kappa shape index (κ3) is 4.56. The minimum Gasteiger partial charge on any atom is -0.337 e. The molecule has 2 N–H and O–H groups in total. The highest BCUT2D eigenvalue weighted by Gasteiger charge is 2.37. The van der Waals surface area contributed by atoms with Crippen molar-refractivity contribution in [2.45, 2.75) is 6.54 Å². The van der Waals surface area contributed by atoms with Crippen LogP contribution in [0.1, 0.15) is 5.56 Å². The number of halogens is 1. The first-order chi connectivity index (χ1) is 17.4. The molecule has 178 valence electrons. The molecule has 0 radical (unpaired) electrons. The largest absolute Gasteiger partial charge is 0.337 e. The zero-order chi connectivity index (χ0) is 25.2. The van der Waals surface area contributed by atoms with E-state index in [2.05, 4.69) is 26.6 Å². The lowest BCUT2D eigenvalue weighted by Crippen LogP contribution is -2.54. The van der Waals surface area contributed by atoms with Gasteiger partial charge in [0.15, 0.2) is 0 Å². The van der Waals surface area contributed by atoms with E-state index in [4.69, 9.17) is 0 Å². The Bertz CT molecular complexity index is 1560. The number of imide groups is 2. The van der Waals surface area contributed by atoms with Gasteiger partial charge in [0.05, 0.1) is 5.69 Å². The molecule has 8 nitrogen and oxygen atoms in total. The molecule has 1 saturated heterocycles. The Morgan fingerprint density at radius 2 is 1.69 bits per heavy atom. The number of rotatable bonds is 5. The van der Waals surface area contributed by atoms with Gasteiger partial charge in [0.1, 0.15) is 12.1 Å². The van der Waals surface area contributed by atoms with E-state index >= 15 is 0 Å². The van der Waals surface area contributed by atoms with Gasteiger partial charge in [-0.25, -0.2) is 9.69 Å². The highest BCUT2D eigenvalue weighted by molar-refractivity contribution is 9.10. The zero-order valence-electron chi connectivity index (χ0n) is 18.8. The Balaban J connectivity index is 1.49. The Morgan fingerprint density at radius 3 is 2.47 bits per heavy atom. The van der Waals surface area contributed by atoms with Crippen molar-refractivity contribution in [3.8, 4) is 0 Å². The molecule has 4 aromatic rings. The van der Waals surface area contributed by atoms with Gasteiger partial charge in [-0.05, 0) is 42.5 Å². The van der Waals surface area contributed by atoms with E-state index in [0.717, 1.165) is 15.8 Å². The highest BCUT2D eigenvalue weighted by Crippen LogP contribution is 2.28. The summed E-state index contributed by atoms with van der Waals surface area (Å²) in [5, 5.41) is 5.84. The number of para-hydroxylation sites is 2. The van der Waals surface area contributed by atoms with Crippen LogP contribution >= 0.6 is 15.9 Å². The number of hydrogen-bond donors (Lipinski definition) is 2. The van der Waals surface area contributed by atoms with Crippen molar-refractivity contribution in [2.75, 3.05) is 10.2 Å². The van der Waals surface area contributed by atoms with Crippen molar-refractivity contribution in [2.24, 2.45) is 0 Å². The predicted molar refractivity (Wildman–Crippen MR) is 140 cm³/mol. The number of carbonyl (C=O) groups excluding carboxylic acids is 4. The summed E-state index contributed by atoms with van der Waals surface area (Å²) in [7, 11) is 0. The fourth-order valence-electron chi connectivity index (χ4n) is 4.06. The molecule has 0 aliphatic carbocycles. The second-order valence-corrected chi connectivity index (χ2v) is 9.00. The zero-order valence-corrected chi connectivity index (χ0v) is 20.4. The van der Waals surface area contributed by atoms with Gasteiger partial charge in [0.2, 0.25) is 5.91 Å². The molecule has 1 fully saturated rings. The number of nitrogens with one attached hydrogen (secondary N) is 2. The topological polar surface area (TPSA) is 101 Å². The van der Waals surface area contributed by atoms with Gasteiger partial charge in [-0.3, -0.25) is 19.7 Å². The lowest BCUT2D eigenvalue weighted by molar-refractivity contribution is -0.122. The van der Waals surface area contributed by atoms with E-state index in [1.807, 2.05) is 42.5 Å². The molecule has 0 unspecified atom stereocenters. The molecule has 0 spiro atoms. The van der Waals surface area contributed by atoms with Gasteiger partial charge in [-0.2, -0.15) is 0 Å². The predicted octanol–water partition coefficient (Wildman–Crippen LogP) is 4.71. The third-order valence-electron chi connectivity index (χ3n) is 5.66. The maximum absolute atomic E-state index is 13.3. The summed E-state index contributed by atoms with van der Waals surface area (Å²) in [6.07, 6.45) is 3.16. The van der Waals surface area contributed by atoms with Gasteiger partial charge in [-0.15, -0.1) is 0 Å². The summed E-state index contributed by atoms with van der Waals surface area (Å²) >= 11 is 3.33. The number of amides is 5. The van der Waals surface area contributed by atoms with Crippen LogP contribution in [-0.2, 0) is 20.9 Å². The molecule has 9 heteroatoms. The average molecular weight is 543 g/mol. The molecule has 5 rings (SSSR count). The summed E-state index contributed by atoms with van der Waals surface area (Å²) < 4.78 is 2.43. The number of barbiturate groups is 1. The summed E-state index contributed by atoms with van der Waals surface area (Å²) in [5.41, 5.74) is 2.15. The van der Waals surface area contributed by atoms with Crippen LogP contribution in [0.3, 0.4) is 0 Å². The number of hydrogen-bond acceptors (Lipinski definition) is 4. The van der Waals surface area contributed by atoms with Gasteiger partial charge >= 0.3 is 6.03 Å². The lowest BCUT2D eigenvalue weighted by atomic mass is 10.1. The molecule has 0 saturated carbocycles. The molecule has 1 aliphatic rings. The van der Waals surface area contributed by atoms with Gasteiger partial charge in [0, 0.05) is 32.8 Å². The van der Waals surface area contributed by atoms with E-state index in [1.54, 1.807) is 47.2 Å². The first-order valence-corrected chi connectivity index (χ1v) is 11.8. The summed E-state index contributed by atoms with van der Waals surface area (Å²) in [4.78, 5) is 52.0. The summed E-state index contributed by atoms with van der Waals surface area (Å²) in [6.45, 7) is 0.0291. The Kier molecular flexibility index (Phi) is 6.22. The Hall–Kier alpha value is -4.50. The SMILES string of the molecule is O=C(Cn1cc(/C=C2/C(=O)NC(=O)N(c3cccc(Br)c3)C2=O)c2ccccc21)Nc1ccccc1. The molecule has 0 bridgehead atoms. The molecule has 3 aromatic carbocycles. The number of urea groups is 1. The normalized spacial score (nSPS) is 14.9. The average Bonchev–Trinajstić information content (AvgIpc) is 3.19. The van der Waals surface area contributed by atoms with E-state index < -0.39 is 17.8 Å². The van der Waals surface area contributed by atoms with Crippen molar-refractivity contribution in [3.05, 3.63) is 101 Å². The first kappa shape index (κ1) is 23.3.